The number of halogens is 2. The molecule has 0 radical (unpaired) electrons. The molecule has 0 amide bonds. The van der Waals surface area contributed by atoms with E-state index in [-0.39, 0.29) is 56.6 Å². The summed E-state index contributed by atoms with van der Waals surface area (Å²) in [7, 11) is 3.22. The Bertz CT molecular complexity index is 344. The van der Waals surface area contributed by atoms with Crippen molar-refractivity contribution >= 4 is 52.9 Å². The number of hydrogen-bond donors (Lipinski definition) is 1. The van der Waals surface area contributed by atoms with E-state index in [2.05, 4.69) is 26.5 Å². The van der Waals surface area contributed by atoms with E-state index in [0.29, 0.717) is 5.56 Å². The van der Waals surface area contributed by atoms with Crippen LogP contribution in [0.2, 0.25) is 0 Å². The zero-order chi connectivity index (χ0) is 12.0. The van der Waals surface area contributed by atoms with E-state index in [1.807, 2.05) is 30.8 Å². The van der Waals surface area contributed by atoms with E-state index < -0.39 is 0 Å². The van der Waals surface area contributed by atoms with Crippen LogP contribution in [0.5, 0.6) is 0 Å². The molecular formula is C9H14ClIKN3S. The van der Waals surface area contributed by atoms with Gasteiger partial charge in [0.1, 0.15) is 5.17 Å². The van der Waals surface area contributed by atoms with Crippen molar-refractivity contribution < 1.29 is 51.4 Å². The second-order valence-electron chi connectivity index (χ2n) is 2.42. The number of hydrogen-bond acceptors (Lipinski definition) is 2. The van der Waals surface area contributed by atoms with Gasteiger partial charge in [-0.25, -0.2) is 0 Å². The van der Waals surface area contributed by atoms with Crippen LogP contribution in [0.25, 0.3) is 5.32 Å². The SMILES string of the molecule is CC.C[N-]c1c(C(=N)Cl)cc(C)n1SI.[K+]. The first-order valence-electron chi connectivity index (χ1n) is 4.47. The molecule has 0 atom stereocenters. The number of aryl methyl sites for hydroxylation is 1. The van der Waals surface area contributed by atoms with E-state index in [1.54, 1.807) is 7.05 Å². The molecule has 0 saturated heterocycles. The molecule has 0 unspecified atom stereocenters. The smallest absolute Gasteiger partial charge is 0.468 e. The Labute approximate surface area is 161 Å². The van der Waals surface area contributed by atoms with Crippen molar-refractivity contribution in [3.8, 4) is 0 Å². The molecule has 0 spiro atoms. The van der Waals surface area contributed by atoms with Crippen LogP contribution in [0.3, 0.4) is 0 Å². The second kappa shape index (κ2) is 10.7. The minimum atomic E-state index is 0. The van der Waals surface area contributed by atoms with E-state index in [4.69, 9.17) is 17.0 Å². The minimum absolute atomic E-state index is 0. The van der Waals surface area contributed by atoms with Crippen LogP contribution < -0.4 is 51.4 Å². The Morgan fingerprint density at radius 3 is 2.38 bits per heavy atom. The fourth-order valence-electron chi connectivity index (χ4n) is 1.07. The van der Waals surface area contributed by atoms with Crippen molar-refractivity contribution in [2.45, 2.75) is 20.8 Å². The van der Waals surface area contributed by atoms with Crippen molar-refractivity contribution in [1.82, 2.24) is 3.97 Å². The summed E-state index contributed by atoms with van der Waals surface area (Å²) in [6, 6.07) is 1.86. The van der Waals surface area contributed by atoms with Gasteiger partial charge >= 0.3 is 51.4 Å². The summed E-state index contributed by atoms with van der Waals surface area (Å²) in [5.74, 6) is 0.747. The number of nitrogens with one attached hydrogen (secondary N) is 1. The molecule has 7 heteroatoms. The largest absolute Gasteiger partial charge is 1.00 e. The maximum atomic E-state index is 7.35. The number of rotatable bonds is 3. The van der Waals surface area contributed by atoms with Gasteiger partial charge in [0.05, 0.1) is 0 Å². The van der Waals surface area contributed by atoms with Crippen LogP contribution in [-0.4, -0.2) is 16.2 Å². The predicted octanol–water partition coefficient (Wildman–Crippen LogP) is 1.87. The number of aromatic nitrogens is 1. The minimum Gasteiger partial charge on any atom is -0.468 e. The van der Waals surface area contributed by atoms with E-state index in [0.717, 1.165) is 11.5 Å². The van der Waals surface area contributed by atoms with Gasteiger partial charge in [0.2, 0.25) is 0 Å². The van der Waals surface area contributed by atoms with Gasteiger partial charge in [-0.1, -0.05) is 53.4 Å². The summed E-state index contributed by atoms with van der Waals surface area (Å²) in [6.07, 6.45) is 0. The summed E-state index contributed by atoms with van der Waals surface area (Å²) in [4.78, 5) is 0. The molecule has 1 aromatic rings. The molecule has 0 aliphatic carbocycles. The third-order valence-corrected chi connectivity index (χ3v) is 3.61. The van der Waals surface area contributed by atoms with Gasteiger partial charge in [-0.15, -0.1) is 0 Å². The van der Waals surface area contributed by atoms with E-state index in [1.165, 1.54) is 9.12 Å². The fourth-order valence-corrected chi connectivity index (χ4v) is 3.11. The third kappa shape index (κ3) is 5.17. The maximum absolute atomic E-state index is 7.35. The summed E-state index contributed by atoms with van der Waals surface area (Å²) in [5.41, 5.74) is 1.73. The fraction of sp³-hybridized carbons (Fsp3) is 0.444. The Morgan fingerprint density at radius 2 is 2.06 bits per heavy atom. The van der Waals surface area contributed by atoms with Gasteiger partial charge in [-0.05, 0) is 33.9 Å². The van der Waals surface area contributed by atoms with Crippen LogP contribution in [0, 0.1) is 12.3 Å². The average Bonchev–Trinajstić information content (AvgIpc) is 2.57. The van der Waals surface area contributed by atoms with Gasteiger partial charge in [-0.2, -0.15) is 0 Å². The zero-order valence-electron chi connectivity index (χ0n) is 10.1. The third-order valence-electron chi connectivity index (χ3n) is 1.62. The molecule has 1 heterocycles. The summed E-state index contributed by atoms with van der Waals surface area (Å²) in [5, 5.41) is 11.5. The van der Waals surface area contributed by atoms with Gasteiger partial charge in [0, 0.05) is 5.56 Å². The summed E-state index contributed by atoms with van der Waals surface area (Å²) in [6.45, 7) is 5.96. The van der Waals surface area contributed by atoms with Gasteiger partial charge < -0.3 is 9.29 Å². The van der Waals surface area contributed by atoms with Gasteiger partial charge in [0.15, 0.2) is 0 Å². The molecular weight excluding hydrogens is 384 g/mol. The van der Waals surface area contributed by atoms with Crippen molar-refractivity contribution in [2.24, 2.45) is 0 Å². The molecule has 1 aromatic heterocycles. The standard InChI is InChI=1S/C7H8ClIN3S.C2H6.K/c1-4-3-5(6(8)10)7(11-2)12(4)13-9;1-2;/h3,10H,1-2H3;1-2H3;/q-1;;+1. The van der Waals surface area contributed by atoms with Crippen LogP contribution in [-0.2, 0) is 0 Å². The summed E-state index contributed by atoms with van der Waals surface area (Å²) >= 11 is 7.80. The summed E-state index contributed by atoms with van der Waals surface area (Å²) < 4.78 is 1.94. The van der Waals surface area contributed by atoms with Crippen molar-refractivity contribution in [3.05, 3.63) is 22.6 Å². The maximum Gasteiger partial charge on any atom is 1.00 e. The van der Waals surface area contributed by atoms with Crippen molar-refractivity contribution in [1.29, 1.82) is 5.41 Å². The molecule has 0 aliphatic rings. The zero-order valence-corrected chi connectivity index (χ0v) is 17.0. The first-order chi connectivity index (χ1) is 7.11. The molecule has 16 heavy (non-hydrogen) atoms. The van der Waals surface area contributed by atoms with Gasteiger partial charge in [0.25, 0.3) is 0 Å². The Balaban J connectivity index is 0. The predicted molar refractivity (Wildman–Crippen MR) is 79.2 cm³/mol. The topological polar surface area (TPSA) is 42.9 Å². The molecule has 0 aromatic carbocycles. The molecule has 1 N–H and O–H groups in total. The Hall–Kier alpha value is 1.76. The Kier molecular flexibility index (Phi) is 13.4. The molecule has 3 nitrogen and oxygen atoms in total. The molecule has 1 rings (SSSR count). The molecule has 0 fully saturated rings. The molecule has 0 bridgehead atoms. The van der Waals surface area contributed by atoms with E-state index >= 15 is 0 Å². The number of nitrogens with zero attached hydrogens (tertiary/aromatic N) is 2. The first kappa shape index (κ1) is 20.1. The quantitative estimate of drug-likeness (QED) is 0.472. The van der Waals surface area contributed by atoms with Crippen LogP contribution in [0.15, 0.2) is 6.07 Å². The Morgan fingerprint density at radius 1 is 1.56 bits per heavy atom. The van der Waals surface area contributed by atoms with Crippen LogP contribution in [0.1, 0.15) is 25.1 Å². The molecule has 0 aliphatic heterocycles. The molecule has 86 valence electrons. The van der Waals surface area contributed by atoms with Crippen molar-refractivity contribution in [3.63, 3.8) is 0 Å². The van der Waals surface area contributed by atoms with Crippen LogP contribution >= 0.6 is 41.9 Å². The van der Waals surface area contributed by atoms with Gasteiger partial charge in [-0.3, -0.25) is 5.41 Å². The van der Waals surface area contributed by atoms with E-state index in [9.17, 15) is 0 Å². The van der Waals surface area contributed by atoms with Crippen molar-refractivity contribution in [2.75, 3.05) is 7.05 Å². The average molecular weight is 398 g/mol. The van der Waals surface area contributed by atoms with Crippen LogP contribution in [0.4, 0.5) is 5.82 Å². The monoisotopic (exact) mass is 397 g/mol. The second-order valence-corrected chi connectivity index (χ2v) is 4.49. The first-order valence-corrected chi connectivity index (χ1v) is 8.17. The normalized spacial score (nSPS) is 8.62. The molecule has 0 saturated carbocycles.